The Bertz CT molecular complexity index is 835. The van der Waals surface area contributed by atoms with Gasteiger partial charge in [-0.15, -0.1) is 11.3 Å². The van der Waals surface area contributed by atoms with Crippen LogP contribution in [0.2, 0.25) is 4.34 Å². The molecule has 26 heavy (non-hydrogen) atoms. The number of hydrogen-bond donors (Lipinski definition) is 0. The van der Waals surface area contributed by atoms with E-state index in [1.807, 2.05) is 60.7 Å². The van der Waals surface area contributed by atoms with Gasteiger partial charge in [0, 0.05) is 6.42 Å². The smallest absolute Gasteiger partial charge is 0.307 e. The van der Waals surface area contributed by atoms with Crippen molar-refractivity contribution < 1.29 is 14.3 Å². The second-order valence-corrected chi connectivity index (χ2v) is 7.43. The van der Waals surface area contributed by atoms with Crippen molar-refractivity contribution in [1.29, 1.82) is 0 Å². The number of ether oxygens (including phenoxy) is 1. The number of hydrogen-bond acceptors (Lipinski definition) is 4. The molecule has 0 radical (unpaired) electrons. The number of esters is 1. The van der Waals surface area contributed by atoms with Crippen LogP contribution in [-0.4, -0.2) is 11.8 Å². The van der Waals surface area contributed by atoms with Gasteiger partial charge in [0.1, 0.15) is 0 Å². The maximum atomic E-state index is 12.3. The van der Waals surface area contributed by atoms with E-state index in [-0.39, 0.29) is 18.6 Å². The molecule has 5 heteroatoms. The molecular formula is C21H17ClO3S. The van der Waals surface area contributed by atoms with Gasteiger partial charge in [0.25, 0.3) is 0 Å². The number of carbonyl (C=O) groups is 2. The lowest BCUT2D eigenvalue weighted by Crippen LogP contribution is -2.14. The lowest BCUT2D eigenvalue weighted by atomic mass is 10.0. The van der Waals surface area contributed by atoms with Crippen molar-refractivity contribution in [2.24, 2.45) is 0 Å². The second-order valence-electron chi connectivity index (χ2n) is 5.72. The summed E-state index contributed by atoms with van der Waals surface area (Å²) in [5.41, 5.74) is 1.78. The summed E-state index contributed by atoms with van der Waals surface area (Å²) in [6.45, 7) is 0. The zero-order valence-electron chi connectivity index (χ0n) is 13.9. The van der Waals surface area contributed by atoms with Gasteiger partial charge in [-0.05, 0) is 23.3 Å². The minimum absolute atomic E-state index is 0.0323. The molecule has 0 spiro atoms. The molecule has 0 saturated carbocycles. The van der Waals surface area contributed by atoms with E-state index in [1.54, 1.807) is 12.1 Å². The summed E-state index contributed by atoms with van der Waals surface area (Å²) in [4.78, 5) is 25.0. The monoisotopic (exact) mass is 384 g/mol. The first-order valence-corrected chi connectivity index (χ1v) is 9.41. The zero-order chi connectivity index (χ0) is 18.4. The first-order chi connectivity index (χ1) is 12.6. The predicted molar refractivity (Wildman–Crippen MR) is 104 cm³/mol. The van der Waals surface area contributed by atoms with E-state index in [9.17, 15) is 9.59 Å². The summed E-state index contributed by atoms with van der Waals surface area (Å²) >= 11 is 7.07. The number of thiophene rings is 1. The van der Waals surface area contributed by atoms with E-state index in [2.05, 4.69) is 0 Å². The maximum absolute atomic E-state index is 12.3. The van der Waals surface area contributed by atoms with Crippen LogP contribution in [0.15, 0.2) is 72.8 Å². The summed E-state index contributed by atoms with van der Waals surface area (Å²) < 4.78 is 6.26. The molecule has 0 amide bonds. The quantitative estimate of drug-likeness (QED) is 0.387. The molecule has 0 fully saturated rings. The average molecular weight is 385 g/mol. The first kappa shape index (κ1) is 18.4. The maximum Gasteiger partial charge on any atom is 0.307 e. The van der Waals surface area contributed by atoms with Crippen molar-refractivity contribution in [2.75, 3.05) is 0 Å². The Kier molecular flexibility index (Phi) is 6.21. The molecule has 0 aliphatic carbocycles. The number of ketones is 1. The minimum Gasteiger partial charge on any atom is -0.453 e. The zero-order valence-corrected chi connectivity index (χ0v) is 15.5. The molecule has 2 aromatic carbocycles. The predicted octanol–water partition coefficient (Wildman–Crippen LogP) is 5.70. The van der Waals surface area contributed by atoms with Crippen LogP contribution in [0.1, 0.15) is 39.7 Å². The lowest BCUT2D eigenvalue weighted by Gasteiger charge is -2.18. The van der Waals surface area contributed by atoms with Crippen molar-refractivity contribution in [3.8, 4) is 0 Å². The standard InChI is InChI=1S/C21H17ClO3S/c22-19-13-12-18(26-19)17(23)11-14-20(24)25-21(15-7-3-1-4-8-15)16-9-5-2-6-10-16/h1-10,12-13,21H,11,14H2. The molecule has 0 unspecified atom stereocenters. The molecule has 3 nitrogen and oxygen atoms in total. The largest absolute Gasteiger partial charge is 0.453 e. The highest BCUT2D eigenvalue weighted by molar-refractivity contribution is 7.18. The molecule has 0 N–H and O–H groups in total. The second kappa shape index (κ2) is 8.79. The summed E-state index contributed by atoms with van der Waals surface area (Å²) in [6.07, 6.45) is -0.354. The summed E-state index contributed by atoms with van der Waals surface area (Å²) in [5, 5.41) is 0. The van der Waals surface area contributed by atoms with Crippen LogP contribution in [-0.2, 0) is 9.53 Å². The van der Waals surface area contributed by atoms with Crippen molar-refractivity contribution in [3.63, 3.8) is 0 Å². The van der Waals surface area contributed by atoms with Crippen LogP contribution >= 0.6 is 22.9 Å². The molecule has 3 aromatic rings. The van der Waals surface area contributed by atoms with Crippen LogP contribution in [0.5, 0.6) is 0 Å². The topological polar surface area (TPSA) is 43.4 Å². The highest BCUT2D eigenvalue weighted by Crippen LogP contribution is 2.27. The van der Waals surface area contributed by atoms with Crippen molar-refractivity contribution >= 4 is 34.7 Å². The molecule has 0 aliphatic rings. The third-order valence-electron chi connectivity index (χ3n) is 3.86. The van der Waals surface area contributed by atoms with Gasteiger partial charge in [-0.1, -0.05) is 72.3 Å². The average Bonchev–Trinajstić information content (AvgIpc) is 3.12. The molecule has 0 bridgehead atoms. The molecule has 1 aromatic heterocycles. The highest BCUT2D eigenvalue weighted by atomic mass is 35.5. The minimum atomic E-state index is -0.490. The van der Waals surface area contributed by atoms with Gasteiger partial charge in [-0.3, -0.25) is 9.59 Å². The summed E-state index contributed by atoms with van der Waals surface area (Å²) in [5.74, 6) is -0.506. The van der Waals surface area contributed by atoms with Crippen molar-refractivity contribution in [1.82, 2.24) is 0 Å². The Hall–Kier alpha value is -2.43. The molecule has 0 aliphatic heterocycles. The number of carbonyl (C=O) groups excluding carboxylic acids is 2. The van der Waals surface area contributed by atoms with E-state index in [4.69, 9.17) is 16.3 Å². The molecule has 1 heterocycles. The Morgan fingerprint density at radius 2 is 1.42 bits per heavy atom. The van der Waals surface area contributed by atoms with Crippen molar-refractivity contribution in [3.05, 3.63) is 93.1 Å². The van der Waals surface area contributed by atoms with Crippen LogP contribution in [0.25, 0.3) is 0 Å². The van der Waals surface area contributed by atoms with Gasteiger partial charge in [0.15, 0.2) is 11.9 Å². The van der Waals surface area contributed by atoms with Gasteiger partial charge in [-0.25, -0.2) is 0 Å². The van der Waals surface area contributed by atoms with Crippen molar-refractivity contribution in [2.45, 2.75) is 18.9 Å². The Labute approximate surface area is 161 Å². The highest BCUT2D eigenvalue weighted by Gasteiger charge is 2.20. The number of benzene rings is 2. The van der Waals surface area contributed by atoms with E-state index in [0.29, 0.717) is 9.21 Å². The number of halogens is 1. The van der Waals surface area contributed by atoms with Crippen LogP contribution < -0.4 is 0 Å². The van der Waals surface area contributed by atoms with Crippen LogP contribution in [0.3, 0.4) is 0 Å². The Morgan fingerprint density at radius 1 is 0.846 bits per heavy atom. The normalized spacial score (nSPS) is 10.7. The molecule has 132 valence electrons. The SMILES string of the molecule is O=C(CCC(=O)c1ccc(Cl)s1)OC(c1ccccc1)c1ccccc1. The van der Waals surface area contributed by atoms with Gasteiger partial charge >= 0.3 is 5.97 Å². The summed E-state index contributed by atoms with van der Waals surface area (Å²) in [6, 6.07) is 22.5. The number of rotatable bonds is 7. The third-order valence-corrected chi connectivity index (χ3v) is 5.13. The third kappa shape index (κ3) is 4.81. The van der Waals surface area contributed by atoms with E-state index >= 15 is 0 Å². The molecule has 3 rings (SSSR count). The molecule has 0 atom stereocenters. The van der Waals surface area contributed by atoms with E-state index in [1.165, 1.54) is 11.3 Å². The Morgan fingerprint density at radius 3 is 1.92 bits per heavy atom. The van der Waals surface area contributed by atoms with Crippen LogP contribution in [0.4, 0.5) is 0 Å². The fourth-order valence-corrected chi connectivity index (χ4v) is 3.59. The van der Waals surface area contributed by atoms with Gasteiger partial charge in [-0.2, -0.15) is 0 Å². The summed E-state index contributed by atoms with van der Waals surface area (Å²) in [7, 11) is 0. The molecular weight excluding hydrogens is 368 g/mol. The fraction of sp³-hybridized carbons (Fsp3) is 0.143. The first-order valence-electron chi connectivity index (χ1n) is 8.21. The van der Waals surface area contributed by atoms with Gasteiger partial charge < -0.3 is 4.74 Å². The fourth-order valence-electron chi connectivity index (χ4n) is 2.58. The Balaban J connectivity index is 1.67. The van der Waals surface area contributed by atoms with E-state index in [0.717, 1.165) is 11.1 Å². The lowest BCUT2D eigenvalue weighted by molar-refractivity contribution is -0.147. The van der Waals surface area contributed by atoms with Gasteiger partial charge in [0.2, 0.25) is 0 Å². The molecule has 0 saturated heterocycles. The van der Waals surface area contributed by atoms with E-state index < -0.39 is 12.1 Å². The number of Topliss-reactive ketones (excluding diaryl/α,β-unsaturated/α-hetero) is 1. The van der Waals surface area contributed by atoms with Crippen LogP contribution in [0, 0.1) is 0 Å². The van der Waals surface area contributed by atoms with Gasteiger partial charge in [0.05, 0.1) is 15.6 Å².